The molecule has 3 atom stereocenters. The van der Waals surface area contributed by atoms with Crippen LogP contribution in [0.1, 0.15) is 6.42 Å². The molecule has 0 aromatic carbocycles. The molecule has 7 N–H and O–H groups in total. The summed E-state index contributed by atoms with van der Waals surface area (Å²) in [6, 6.07) is 0. The molecular weight excluding hydrogens is 298 g/mol. The predicted octanol–water partition coefficient (Wildman–Crippen LogP) is -3.25. The highest BCUT2D eigenvalue weighted by Crippen LogP contribution is 2.19. The second-order valence-corrected chi connectivity index (χ2v) is 4.76. The number of hydrogen-bond donors (Lipinski definition) is 7. The fraction of sp³-hybridized carbons (Fsp3) is 0.769. The van der Waals surface area contributed by atoms with Crippen molar-refractivity contribution in [2.45, 2.75) is 24.7 Å². The maximum absolute atomic E-state index is 10.4. The molecule has 22 heavy (non-hydrogen) atoms. The van der Waals surface area contributed by atoms with Gasteiger partial charge in [0.2, 0.25) is 0 Å². The van der Waals surface area contributed by atoms with Gasteiger partial charge in [-0.1, -0.05) is 0 Å². The second kappa shape index (κ2) is 11.5. The second-order valence-electron chi connectivity index (χ2n) is 4.76. The van der Waals surface area contributed by atoms with Crippen LogP contribution in [0.4, 0.5) is 0 Å². The molecule has 0 aromatic rings. The molecule has 9 heteroatoms. The van der Waals surface area contributed by atoms with Crippen molar-refractivity contribution in [1.82, 2.24) is 4.90 Å². The van der Waals surface area contributed by atoms with Crippen LogP contribution in [0.2, 0.25) is 0 Å². The first-order chi connectivity index (χ1) is 10.4. The van der Waals surface area contributed by atoms with E-state index >= 15 is 0 Å². The summed E-state index contributed by atoms with van der Waals surface area (Å²) < 4.78 is 0. The molecule has 0 spiro atoms. The van der Waals surface area contributed by atoms with Crippen molar-refractivity contribution in [2.24, 2.45) is 0 Å². The minimum atomic E-state index is -1.29. The highest BCUT2D eigenvalue weighted by atomic mass is 16.4. The van der Waals surface area contributed by atoms with Crippen LogP contribution in [0, 0.1) is 0 Å². The van der Waals surface area contributed by atoms with Gasteiger partial charge in [-0.05, 0) is 6.08 Å². The van der Waals surface area contributed by atoms with Crippen molar-refractivity contribution in [1.29, 1.82) is 0 Å². The van der Waals surface area contributed by atoms with Gasteiger partial charge >= 0.3 is 5.97 Å². The van der Waals surface area contributed by atoms with Gasteiger partial charge in [-0.2, -0.15) is 0 Å². The van der Waals surface area contributed by atoms with Gasteiger partial charge in [0.15, 0.2) is 0 Å². The molecule has 130 valence electrons. The molecule has 0 aliphatic heterocycles. The largest absolute Gasteiger partial charge is 0.478 e. The number of carbonyl (C=O) groups is 1. The minimum Gasteiger partial charge on any atom is -0.478 e. The Kier molecular flexibility index (Phi) is 10.9. The Labute approximate surface area is 128 Å². The van der Waals surface area contributed by atoms with Crippen LogP contribution in [0.3, 0.4) is 0 Å². The summed E-state index contributed by atoms with van der Waals surface area (Å²) in [4.78, 5) is 12.2. The van der Waals surface area contributed by atoms with Gasteiger partial charge in [0.1, 0.15) is 12.2 Å². The first-order valence-corrected chi connectivity index (χ1v) is 6.90. The summed E-state index contributed by atoms with van der Waals surface area (Å²) >= 11 is 0. The van der Waals surface area contributed by atoms with Gasteiger partial charge in [0.25, 0.3) is 0 Å². The first kappa shape index (κ1) is 20.9. The van der Waals surface area contributed by atoms with E-state index in [0.717, 1.165) is 6.08 Å². The predicted molar refractivity (Wildman–Crippen MR) is 76.1 cm³/mol. The lowest BCUT2D eigenvalue weighted by molar-refractivity contribution is -0.134. The quantitative estimate of drug-likeness (QED) is 0.255. The Bertz CT molecular complexity index is 335. The number of hydrogen-bond acceptors (Lipinski definition) is 8. The molecule has 0 saturated heterocycles. The molecule has 1 aliphatic carbocycles. The Morgan fingerprint density at radius 2 is 1.50 bits per heavy atom. The molecule has 0 amide bonds. The van der Waals surface area contributed by atoms with E-state index in [0.29, 0.717) is 19.6 Å². The normalized spacial score (nSPS) is 24.5. The molecule has 3 unspecified atom stereocenters. The van der Waals surface area contributed by atoms with Crippen LogP contribution >= 0.6 is 0 Å². The van der Waals surface area contributed by atoms with Gasteiger partial charge in [-0.25, -0.2) is 4.79 Å². The van der Waals surface area contributed by atoms with Crippen molar-refractivity contribution in [3.63, 3.8) is 0 Å². The smallest absolute Gasteiger partial charge is 0.331 e. The van der Waals surface area contributed by atoms with Gasteiger partial charge in [-0.3, -0.25) is 4.90 Å². The van der Waals surface area contributed by atoms with Crippen LogP contribution in [-0.2, 0) is 4.79 Å². The Morgan fingerprint density at radius 1 is 1.05 bits per heavy atom. The molecule has 0 saturated carbocycles. The highest BCUT2D eigenvalue weighted by molar-refractivity contribution is 5.87. The number of carboxylic acids is 1. The Hall–Kier alpha value is -1.07. The zero-order chi connectivity index (χ0) is 17.1. The average molecular weight is 323 g/mol. The molecule has 1 aliphatic rings. The van der Waals surface area contributed by atoms with Crippen LogP contribution in [0.25, 0.3) is 0 Å². The lowest BCUT2D eigenvalue weighted by atomic mass is 9.92. The minimum absolute atomic E-state index is 0.0692. The van der Waals surface area contributed by atoms with E-state index in [1.807, 2.05) is 0 Å². The van der Waals surface area contributed by atoms with Crippen LogP contribution in [0.5, 0.6) is 0 Å². The van der Waals surface area contributed by atoms with E-state index < -0.39 is 24.3 Å². The van der Waals surface area contributed by atoms with E-state index in [1.165, 1.54) is 0 Å². The summed E-state index contributed by atoms with van der Waals surface area (Å²) in [6.07, 6.45) is -2.86. The number of aliphatic hydroxyl groups excluding tert-OH is 6. The lowest BCUT2D eigenvalue weighted by Gasteiger charge is -2.25. The van der Waals surface area contributed by atoms with E-state index in [2.05, 4.69) is 0 Å². The molecule has 0 aromatic heterocycles. The van der Waals surface area contributed by atoms with Crippen LogP contribution in [0.15, 0.2) is 11.6 Å². The summed E-state index contributed by atoms with van der Waals surface area (Å²) in [5, 5.41) is 61.0. The third-order valence-electron chi connectivity index (χ3n) is 3.07. The van der Waals surface area contributed by atoms with E-state index in [-0.39, 0.29) is 31.8 Å². The Morgan fingerprint density at radius 3 is 1.82 bits per heavy atom. The number of nitrogens with zero attached hydrogens (tertiary/aromatic N) is 1. The van der Waals surface area contributed by atoms with Crippen LogP contribution < -0.4 is 0 Å². The first-order valence-electron chi connectivity index (χ1n) is 6.90. The van der Waals surface area contributed by atoms with Crippen molar-refractivity contribution >= 4 is 5.97 Å². The number of rotatable bonds is 7. The zero-order valence-corrected chi connectivity index (χ0v) is 12.2. The maximum Gasteiger partial charge on any atom is 0.331 e. The van der Waals surface area contributed by atoms with Crippen molar-refractivity contribution in [2.75, 3.05) is 39.5 Å². The third-order valence-corrected chi connectivity index (χ3v) is 3.07. The van der Waals surface area contributed by atoms with Gasteiger partial charge in [0.05, 0.1) is 25.9 Å². The molecule has 1 rings (SSSR count). The van der Waals surface area contributed by atoms with Gasteiger partial charge < -0.3 is 35.7 Å². The van der Waals surface area contributed by atoms with E-state index in [9.17, 15) is 4.79 Å². The molecule has 0 heterocycles. The van der Waals surface area contributed by atoms with Crippen molar-refractivity contribution < 1.29 is 40.5 Å². The third kappa shape index (κ3) is 7.80. The summed E-state index contributed by atoms with van der Waals surface area (Å²) in [5.41, 5.74) is -0.0692. The standard InChI is InChI=1S/C7H10O5.C6H15NO3/c8-4-1-3(7(11)12)2-5(9)6(4)10;8-4-1-7(2-5-9)3-6-10/h1,4-6,8-10H,2H2,(H,11,12);8-10H,1-6H2. The molecular formula is C13H25NO8. The SMILES string of the molecule is O=C(O)C1=CC(O)C(O)C(O)C1.OCCN(CCO)CCO. The number of aliphatic hydroxyl groups is 6. The van der Waals surface area contributed by atoms with Crippen molar-refractivity contribution in [3.05, 3.63) is 11.6 Å². The molecule has 0 fully saturated rings. The van der Waals surface area contributed by atoms with Crippen molar-refractivity contribution in [3.8, 4) is 0 Å². The molecule has 0 radical (unpaired) electrons. The summed E-state index contributed by atoms with van der Waals surface area (Å²) in [6.45, 7) is 1.75. The summed E-state index contributed by atoms with van der Waals surface area (Å²) in [7, 11) is 0. The number of carboxylic acid groups (broad SMARTS) is 1. The highest BCUT2D eigenvalue weighted by Gasteiger charge is 2.31. The summed E-state index contributed by atoms with van der Waals surface area (Å²) in [5.74, 6) is -1.18. The Balaban J connectivity index is 0.000000409. The monoisotopic (exact) mass is 323 g/mol. The number of aliphatic carboxylic acids is 1. The molecule has 9 nitrogen and oxygen atoms in total. The van der Waals surface area contributed by atoms with Gasteiger partial charge in [0, 0.05) is 31.6 Å². The fourth-order valence-corrected chi connectivity index (χ4v) is 1.86. The zero-order valence-electron chi connectivity index (χ0n) is 12.2. The lowest BCUT2D eigenvalue weighted by Crippen LogP contribution is -2.40. The topological polar surface area (TPSA) is 162 Å². The fourth-order valence-electron chi connectivity index (χ4n) is 1.86. The van der Waals surface area contributed by atoms with E-state index in [1.54, 1.807) is 4.90 Å². The van der Waals surface area contributed by atoms with E-state index in [4.69, 9.17) is 35.7 Å². The maximum atomic E-state index is 10.4. The van der Waals surface area contributed by atoms with Gasteiger partial charge in [-0.15, -0.1) is 0 Å². The van der Waals surface area contributed by atoms with Crippen LogP contribution in [-0.4, -0.2) is 104 Å². The molecule has 0 bridgehead atoms. The average Bonchev–Trinajstić information content (AvgIpc) is 2.45.